The fourth-order valence-corrected chi connectivity index (χ4v) is 2.34. The minimum atomic E-state index is -1.38. The van der Waals surface area contributed by atoms with E-state index in [-0.39, 0.29) is 16.1 Å². The second-order valence-electron chi connectivity index (χ2n) is 4.52. The number of rotatable bonds is 2. The number of halogens is 3. The van der Waals surface area contributed by atoms with E-state index in [0.29, 0.717) is 5.56 Å². The maximum atomic E-state index is 14.0. The van der Waals surface area contributed by atoms with Gasteiger partial charge in [0.1, 0.15) is 17.7 Å². The minimum absolute atomic E-state index is 0.0293. The third-order valence-corrected chi connectivity index (χ3v) is 3.32. The fourth-order valence-electron chi connectivity index (χ4n) is 2.16. The highest BCUT2D eigenvalue weighted by Crippen LogP contribution is 2.31. The summed E-state index contributed by atoms with van der Waals surface area (Å²) in [7, 11) is 0. The SMILES string of the molecule is Cc1cc(C)c(C(O)c2cccc(Cl)c2F)c(F)c1. The van der Waals surface area contributed by atoms with E-state index in [1.54, 1.807) is 19.9 Å². The van der Waals surface area contributed by atoms with Crippen LogP contribution in [0.15, 0.2) is 30.3 Å². The lowest BCUT2D eigenvalue weighted by atomic mass is 9.95. The van der Waals surface area contributed by atoms with Gasteiger partial charge in [0.05, 0.1) is 5.02 Å². The number of hydrogen-bond acceptors (Lipinski definition) is 1. The Labute approximate surface area is 115 Å². The van der Waals surface area contributed by atoms with E-state index in [1.807, 2.05) is 0 Å². The second kappa shape index (κ2) is 5.27. The Morgan fingerprint density at radius 3 is 2.47 bits per heavy atom. The number of benzene rings is 2. The number of aliphatic hydroxyl groups excluding tert-OH is 1. The molecule has 2 aromatic carbocycles. The van der Waals surface area contributed by atoms with Crippen LogP contribution in [0.5, 0.6) is 0 Å². The highest BCUT2D eigenvalue weighted by atomic mass is 35.5. The Balaban J connectivity index is 2.56. The zero-order valence-corrected chi connectivity index (χ0v) is 11.3. The van der Waals surface area contributed by atoms with Crippen LogP contribution >= 0.6 is 11.6 Å². The molecule has 0 saturated carbocycles. The number of aliphatic hydroxyl groups is 1. The van der Waals surface area contributed by atoms with Gasteiger partial charge in [-0.05, 0) is 37.1 Å². The van der Waals surface area contributed by atoms with E-state index in [1.165, 1.54) is 24.3 Å². The molecule has 0 aliphatic heterocycles. The van der Waals surface area contributed by atoms with E-state index >= 15 is 0 Å². The first-order valence-corrected chi connectivity index (χ1v) is 6.18. The van der Waals surface area contributed by atoms with Gasteiger partial charge in [0.25, 0.3) is 0 Å². The van der Waals surface area contributed by atoms with Gasteiger partial charge in [-0.1, -0.05) is 29.8 Å². The van der Waals surface area contributed by atoms with Crippen molar-refractivity contribution in [1.29, 1.82) is 0 Å². The first kappa shape index (κ1) is 14.0. The van der Waals surface area contributed by atoms with E-state index in [9.17, 15) is 13.9 Å². The molecular formula is C15H13ClF2O. The summed E-state index contributed by atoms with van der Waals surface area (Å²) < 4.78 is 27.8. The zero-order valence-electron chi connectivity index (χ0n) is 10.5. The lowest BCUT2D eigenvalue weighted by molar-refractivity contribution is 0.209. The molecule has 0 heterocycles. The Kier molecular flexibility index (Phi) is 3.88. The number of hydrogen-bond donors (Lipinski definition) is 1. The summed E-state index contributed by atoms with van der Waals surface area (Å²) in [5.74, 6) is -1.28. The van der Waals surface area contributed by atoms with Crippen molar-refractivity contribution in [3.8, 4) is 0 Å². The van der Waals surface area contributed by atoms with Crippen LogP contribution in [0, 0.1) is 25.5 Å². The molecule has 0 aliphatic rings. The van der Waals surface area contributed by atoms with Gasteiger partial charge in [-0.3, -0.25) is 0 Å². The first-order chi connectivity index (χ1) is 8.91. The summed E-state index contributed by atoms with van der Waals surface area (Å²) in [4.78, 5) is 0. The molecule has 0 radical (unpaired) electrons. The summed E-state index contributed by atoms with van der Waals surface area (Å²) in [6.45, 7) is 3.43. The van der Waals surface area contributed by atoms with Crippen LogP contribution in [-0.2, 0) is 0 Å². The molecule has 1 atom stereocenters. The van der Waals surface area contributed by atoms with Gasteiger partial charge < -0.3 is 5.11 Å². The van der Waals surface area contributed by atoms with Crippen molar-refractivity contribution >= 4 is 11.6 Å². The van der Waals surface area contributed by atoms with Crippen molar-refractivity contribution in [3.05, 3.63) is 69.2 Å². The normalized spacial score (nSPS) is 12.5. The highest BCUT2D eigenvalue weighted by Gasteiger charge is 2.21. The first-order valence-electron chi connectivity index (χ1n) is 5.80. The molecule has 1 unspecified atom stereocenters. The Morgan fingerprint density at radius 1 is 1.16 bits per heavy atom. The lowest BCUT2D eigenvalue weighted by Crippen LogP contribution is -2.08. The molecule has 0 spiro atoms. The largest absolute Gasteiger partial charge is 0.383 e. The van der Waals surface area contributed by atoms with Crippen LogP contribution in [0.4, 0.5) is 8.78 Å². The zero-order chi connectivity index (χ0) is 14.2. The Bertz CT molecular complexity index is 603. The monoisotopic (exact) mass is 282 g/mol. The molecule has 0 amide bonds. The lowest BCUT2D eigenvalue weighted by Gasteiger charge is -2.17. The molecule has 0 saturated heterocycles. The van der Waals surface area contributed by atoms with Gasteiger partial charge in [-0.2, -0.15) is 0 Å². The van der Waals surface area contributed by atoms with Gasteiger partial charge in [-0.25, -0.2) is 8.78 Å². The summed E-state index contributed by atoms with van der Waals surface area (Å²) in [6.07, 6.45) is -1.38. The van der Waals surface area contributed by atoms with E-state index in [4.69, 9.17) is 11.6 Å². The van der Waals surface area contributed by atoms with Crippen LogP contribution in [-0.4, -0.2) is 5.11 Å². The standard InChI is InChI=1S/C15H13ClF2O/c1-8-6-9(2)13(12(17)7-8)15(19)10-4-3-5-11(16)14(10)18/h3-7,15,19H,1-2H3. The molecular weight excluding hydrogens is 270 g/mol. The number of aryl methyl sites for hydroxylation is 2. The summed E-state index contributed by atoms with van der Waals surface area (Å²) in [6, 6.07) is 7.35. The van der Waals surface area contributed by atoms with E-state index in [0.717, 1.165) is 5.56 Å². The van der Waals surface area contributed by atoms with Gasteiger partial charge in [-0.15, -0.1) is 0 Å². The molecule has 0 bridgehead atoms. The average molecular weight is 283 g/mol. The second-order valence-corrected chi connectivity index (χ2v) is 4.93. The molecule has 2 rings (SSSR count). The van der Waals surface area contributed by atoms with Crippen molar-refractivity contribution in [1.82, 2.24) is 0 Å². The average Bonchev–Trinajstić information content (AvgIpc) is 2.31. The molecule has 19 heavy (non-hydrogen) atoms. The third kappa shape index (κ3) is 2.62. The molecule has 2 aromatic rings. The van der Waals surface area contributed by atoms with Crippen molar-refractivity contribution in [2.24, 2.45) is 0 Å². The van der Waals surface area contributed by atoms with Gasteiger partial charge in [0.2, 0.25) is 0 Å². The van der Waals surface area contributed by atoms with Crippen LogP contribution in [0.25, 0.3) is 0 Å². The maximum Gasteiger partial charge on any atom is 0.147 e. The van der Waals surface area contributed by atoms with Gasteiger partial charge in [0, 0.05) is 11.1 Å². The van der Waals surface area contributed by atoms with Crippen LogP contribution in [0.3, 0.4) is 0 Å². The predicted molar refractivity (Wildman–Crippen MR) is 71.3 cm³/mol. The fraction of sp³-hybridized carbons (Fsp3) is 0.200. The minimum Gasteiger partial charge on any atom is -0.383 e. The topological polar surface area (TPSA) is 20.2 Å². The molecule has 0 aromatic heterocycles. The van der Waals surface area contributed by atoms with Crippen molar-refractivity contribution in [2.45, 2.75) is 20.0 Å². The summed E-state index contributed by atoms with van der Waals surface area (Å²) in [5.41, 5.74) is 1.37. The van der Waals surface area contributed by atoms with Crippen molar-refractivity contribution in [2.75, 3.05) is 0 Å². The quantitative estimate of drug-likeness (QED) is 0.870. The summed E-state index contributed by atoms with van der Waals surface area (Å²) in [5, 5.41) is 10.1. The van der Waals surface area contributed by atoms with Crippen LogP contribution < -0.4 is 0 Å². The van der Waals surface area contributed by atoms with E-state index < -0.39 is 17.7 Å². The Hall–Kier alpha value is -1.45. The molecule has 1 nitrogen and oxygen atoms in total. The molecule has 1 N–H and O–H groups in total. The van der Waals surface area contributed by atoms with Crippen LogP contribution in [0.1, 0.15) is 28.4 Å². The Morgan fingerprint density at radius 2 is 1.84 bits per heavy atom. The molecule has 0 fully saturated rings. The maximum absolute atomic E-state index is 14.0. The smallest absolute Gasteiger partial charge is 0.147 e. The highest BCUT2D eigenvalue weighted by molar-refractivity contribution is 6.30. The van der Waals surface area contributed by atoms with Gasteiger partial charge in [0.15, 0.2) is 0 Å². The predicted octanol–water partition coefficient (Wildman–Crippen LogP) is 4.32. The molecule has 0 aliphatic carbocycles. The third-order valence-electron chi connectivity index (χ3n) is 3.03. The van der Waals surface area contributed by atoms with E-state index in [2.05, 4.69) is 0 Å². The molecule has 4 heteroatoms. The van der Waals surface area contributed by atoms with Crippen molar-refractivity contribution in [3.63, 3.8) is 0 Å². The van der Waals surface area contributed by atoms with Gasteiger partial charge >= 0.3 is 0 Å². The van der Waals surface area contributed by atoms with Crippen molar-refractivity contribution < 1.29 is 13.9 Å². The molecule has 100 valence electrons. The summed E-state index contributed by atoms with van der Waals surface area (Å²) >= 11 is 5.67. The van der Waals surface area contributed by atoms with Crippen LogP contribution in [0.2, 0.25) is 5.02 Å².